The van der Waals surface area contributed by atoms with Crippen molar-refractivity contribution in [3.05, 3.63) is 90.5 Å². The maximum Gasteiger partial charge on any atom is 0.216 e. The molecule has 2 heterocycles. The van der Waals surface area contributed by atoms with Crippen molar-refractivity contribution in [1.29, 1.82) is 0 Å². The van der Waals surface area contributed by atoms with Gasteiger partial charge in [0.25, 0.3) is 0 Å². The number of rotatable bonds is 1. The fraction of sp³-hybridized carbons (Fsp3) is 0.0741. The highest BCUT2D eigenvalue weighted by Gasteiger charge is 2.22. The highest BCUT2D eigenvalue weighted by molar-refractivity contribution is 6.13. The molecule has 2 aromatic heterocycles. The van der Waals surface area contributed by atoms with Crippen LogP contribution in [-0.2, 0) is 7.05 Å². The van der Waals surface area contributed by atoms with Crippen molar-refractivity contribution < 1.29 is 8.98 Å². The summed E-state index contributed by atoms with van der Waals surface area (Å²) in [6.07, 6.45) is 0. The zero-order valence-electron chi connectivity index (χ0n) is 16.4. The predicted molar refractivity (Wildman–Crippen MR) is 120 cm³/mol. The lowest BCUT2D eigenvalue weighted by Gasteiger charge is -2.07. The van der Waals surface area contributed by atoms with E-state index in [1.807, 2.05) is 0 Å². The number of para-hydroxylation sites is 1. The van der Waals surface area contributed by atoms with Crippen molar-refractivity contribution in [2.75, 3.05) is 0 Å². The fourth-order valence-corrected chi connectivity index (χ4v) is 4.54. The fourth-order valence-electron chi connectivity index (χ4n) is 4.54. The van der Waals surface area contributed by atoms with Gasteiger partial charge in [-0.15, -0.1) is 0 Å². The van der Waals surface area contributed by atoms with Crippen LogP contribution in [0, 0.1) is 6.92 Å². The number of benzene rings is 4. The van der Waals surface area contributed by atoms with Crippen LogP contribution in [-0.4, -0.2) is 0 Å². The summed E-state index contributed by atoms with van der Waals surface area (Å²) in [6.45, 7) is 2.16. The summed E-state index contributed by atoms with van der Waals surface area (Å²) in [5.41, 5.74) is 6.65. The Labute approximate surface area is 168 Å². The maximum atomic E-state index is 6.48. The minimum atomic E-state index is 0.939. The van der Waals surface area contributed by atoms with Crippen LogP contribution in [0.4, 0.5) is 0 Å². The molecule has 0 saturated heterocycles. The van der Waals surface area contributed by atoms with E-state index in [1.54, 1.807) is 0 Å². The van der Waals surface area contributed by atoms with Crippen molar-refractivity contribution in [1.82, 2.24) is 0 Å². The predicted octanol–water partition coefficient (Wildman–Crippen LogP) is 6.69. The number of hydrogen-bond donors (Lipinski definition) is 0. The Morgan fingerprint density at radius 2 is 1.41 bits per heavy atom. The molecular formula is C27H20NO+. The van der Waals surface area contributed by atoms with Crippen LogP contribution in [0.2, 0.25) is 0 Å². The second-order valence-electron chi connectivity index (χ2n) is 7.77. The minimum absolute atomic E-state index is 0.939. The van der Waals surface area contributed by atoms with E-state index in [9.17, 15) is 0 Å². The third kappa shape index (κ3) is 2.32. The molecule has 0 N–H and O–H groups in total. The van der Waals surface area contributed by atoms with Crippen LogP contribution in [0.1, 0.15) is 5.56 Å². The van der Waals surface area contributed by atoms with E-state index in [-0.39, 0.29) is 0 Å². The second-order valence-corrected chi connectivity index (χ2v) is 7.77. The molecule has 0 aliphatic rings. The summed E-state index contributed by atoms with van der Waals surface area (Å²) >= 11 is 0. The molecular weight excluding hydrogens is 354 g/mol. The summed E-state index contributed by atoms with van der Waals surface area (Å²) < 4.78 is 8.75. The Hall–Kier alpha value is -3.65. The number of aromatic nitrogens is 1. The zero-order valence-corrected chi connectivity index (χ0v) is 16.4. The molecule has 6 rings (SSSR count). The van der Waals surface area contributed by atoms with Gasteiger partial charge in [-0.1, -0.05) is 48.5 Å². The monoisotopic (exact) mass is 374 g/mol. The topological polar surface area (TPSA) is 17.0 Å². The number of fused-ring (bicyclic) bond motifs is 5. The molecule has 0 atom stereocenters. The van der Waals surface area contributed by atoms with Gasteiger partial charge in [-0.2, -0.15) is 4.57 Å². The molecule has 0 aliphatic carbocycles. The van der Waals surface area contributed by atoms with E-state index in [2.05, 4.69) is 103 Å². The molecule has 0 bridgehead atoms. The van der Waals surface area contributed by atoms with Gasteiger partial charge in [0.05, 0.1) is 5.56 Å². The van der Waals surface area contributed by atoms with Crippen molar-refractivity contribution in [3.63, 3.8) is 0 Å². The van der Waals surface area contributed by atoms with Gasteiger partial charge in [0.15, 0.2) is 0 Å². The van der Waals surface area contributed by atoms with E-state index in [1.165, 1.54) is 38.0 Å². The first-order valence-corrected chi connectivity index (χ1v) is 9.93. The van der Waals surface area contributed by atoms with Gasteiger partial charge in [0.1, 0.15) is 18.2 Å². The van der Waals surface area contributed by atoms with Gasteiger partial charge in [-0.05, 0) is 47.5 Å². The van der Waals surface area contributed by atoms with E-state index in [0.29, 0.717) is 0 Å². The zero-order chi connectivity index (χ0) is 19.5. The Kier molecular flexibility index (Phi) is 3.33. The number of hydrogen-bond acceptors (Lipinski definition) is 1. The van der Waals surface area contributed by atoms with Crippen LogP contribution >= 0.6 is 0 Å². The summed E-state index contributed by atoms with van der Waals surface area (Å²) in [7, 11) is 2.13. The van der Waals surface area contributed by atoms with Crippen molar-refractivity contribution in [3.8, 4) is 11.3 Å². The summed E-state index contributed by atoms with van der Waals surface area (Å²) in [5, 5.41) is 6.01. The molecule has 0 unspecified atom stereocenters. The Morgan fingerprint density at radius 3 is 2.24 bits per heavy atom. The Morgan fingerprint density at radius 1 is 0.690 bits per heavy atom. The third-order valence-corrected chi connectivity index (χ3v) is 6.05. The molecule has 0 amide bonds. The number of nitrogens with zero attached hydrogens (tertiary/aromatic N) is 1. The van der Waals surface area contributed by atoms with Gasteiger partial charge in [0, 0.05) is 28.3 Å². The third-order valence-electron chi connectivity index (χ3n) is 6.05. The van der Waals surface area contributed by atoms with Crippen LogP contribution in [0.15, 0.2) is 89.3 Å². The molecule has 0 radical (unpaired) electrons. The van der Waals surface area contributed by atoms with E-state index >= 15 is 0 Å². The standard InChI is InChI=1S/C27H20NO/c1-17-11-13-21-22-15-19-8-3-4-9-20(19)16-25(22)29-27(21)26(17)24-14-12-18-7-5-6-10-23(18)28(24)2/h3-16H,1-2H3/q+1. The van der Waals surface area contributed by atoms with Crippen LogP contribution in [0.25, 0.3) is 54.9 Å². The smallest absolute Gasteiger partial charge is 0.216 e. The summed E-state index contributed by atoms with van der Waals surface area (Å²) in [6, 6.07) is 30.1. The quantitative estimate of drug-likeness (QED) is 0.293. The first kappa shape index (κ1) is 16.3. The molecule has 0 fully saturated rings. The summed E-state index contributed by atoms with van der Waals surface area (Å²) in [4.78, 5) is 0. The van der Waals surface area contributed by atoms with Gasteiger partial charge in [0.2, 0.25) is 11.2 Å². The Balaban J connectivity index is 1.73. The van der Waals surface area contributed by atoms with Gasteiger partial charge >= 0.3 is 0 Å². The second kappa shape index (κ2) is 5.92. The molecule has 4 aromatic carbocycles. The average molecular weight is 374 g/mol. The molecule has 6 aromatic rings. The number of pyridine rings is 1. The number of furan rings is 1. The molecule has 29 heavy (non-hydrogen) atoms. The molecule has 2 nitrogen and oxygen atoms in total. The molecule has 0 aliphatic heterocycles. The van der Waals surface area contributed by atoms with Crippen LogP contribution < -0.4 is 4.57 Å². The molecule has 0 spiro atoms. The number of aryl methyl sites for hydroxylation is 2. The van der Waals surface area contributed by atoms with E-state index in [4.69, 9.17) is 4.42 Å². The molecule has 2 heteroatoms. The SMILES string of the molecule is Cc1ccc2c(oc3cc4ccccc4cc32)c1-c1ccc2ccccc2[n+]1C. The minimum Gasteiger partial charge on any atom is -0.455 e. The lowest BCUT2D eigenvalue weighted by Crippen LogP contribution is -2.32. The van der Waals surface area contributed by atoms with Gasteiger partial charge in [-0.3, -0.25) is 0 Å². The summed E-state index contributed by atoms with van der Waals surface area (Å²) in [5.74, 6) is 0. The van der Waals surface area contributed by atoms with Gasteiger partial charge in [-0.25, -0.2) is 0 Å². The highest BCUT2D eigenvalue weighted by atomic mass is 16.3. The molecule has 0 saturated carbocycles. The van der Waals surface area contributed by atoms with E-state index in [0.717, 1.165) is 22.4 Å². The highest BCUT2D eigenvalue weighted by Crippen LogP contribution is 2.38. The molecule has 138 valence electrons. The normalized spacial score (nSPS) is 11.8. The van der Waals surface area contributed by atoms with Crippen molar-refractivity contribution >= 4 is 43.6 Å². The van der Waals surface area contributed by atoms with Crippen molar-refractivity contribution in [2.45, 2.75) is 6.92 Å². The largest absolute Gasteiger partial charge is 0.455 e. The van der Waals surface area contributed by atoms with Gasteiger partial charge < -0.3 is 4.42 Å². The maximum absolute atomic E-state index is 6.48. The Bertz CT molecular complexity index is 1570. The average Bonchev–Trinajstić information content (AvgIpc) is 3.10. The van der Waals surface area contributed by atoms with E-state index < -0.39 is 0 Å². The van der Waals surface area contributed by atoms with Crippen LogP contribution in [0.5, 0.6) is 0 Å². The first-order valence-electron chi connectivity index (χ1n) is 9.93. The lowest BCUT2D eigenvalue weighted by molar-refractivity contribution is -0.633. The lowest BCUT2D eigenvalue weighted by atomic mass is 9.99. The van der Waals surface area contributed by atoms with Crippen molar-refractivity contribution in [2.24, 2.45) is 7.05 Å². The first-order chi connectivity index (χ1) is 14.2. The van der Waals surface area contributed by atoms with Crippen LogP contribution in [0.3, 0.4) is 0 Å².